The number of nitrogens with one attached hydrogen (secondary N) is 2. The van der Waals surface area contributed by atoms with Crippen molar-refractivity contribution in [1.82, 2.24) is 15.5 Å². The number of carbonyl (C=O) groups is 3. The molecule has 1 atom stereocenters. The Morgan fingerprint density at radius 3 is 2.65 bits per heavy atom. The highest BCUT2D eigenvalue weighted by molar-refractivity contribution is 6.04. The van der Waals surface area contributed by atoms with Gasteiger partial charge in [-0.05, 0) is 23.6 Å². The van der Waals surface area contributed by atoms with Crippen LogP contribution in [0.2, 0.25) is 0 Å². The average molecular weight is 323 g/mol. The molecule has 1 unspecified atom stereocenters. The summed E-state index contributed by atoms with van der Waals surface area (Å²) in [5.41, 5.74) is 1.53. The molecule has 3 rings (SSSR count). The van der Waals surface area contributed by atoms with Gasteiger partial charge in [0.05, 0.1) is 0 Å². The van der Waals surface area contributed by atoms with E-state index in [1.165, 1.54) is 12.1 Å². The largest absolute Gasteiger partial charge is 0.334 e. The second kappa shape index (κ2) is 5.94. The number of carbonyl (C=O) groups excluding carboxylic acids is 3. The maximum absolute atomic E-state index is 12.7. The third kappa shape index (κ3) is 3.15. The fourth-order valence-electron chi connectivity index (χ4n) is 2.81. The fourth-order valence-corrected chi connectivity index (χ4v) is 2.81. The van der Waals surface area contributed by atoms with Gasteiger partial charge in [-0.2, -0.15) is 0 Å². The van der Waals surface area contributed by atoms with E-state index in [4.69, 9.17) is 0 Å². The van der Waals surface area contributed by atoms with Crippen LogP contribution in [0.25, 0.3) is 0 Å². The Hall–Kier alpha value is -2.51. The maximum atomic E-state index is 12.7. The first kappa shape index (κ1) is 15.4. The van der Waals surface area contributed by atoms with Crippen LogP contribution in [0.4, 0.5) is 13.6 Å². The van der Waals surface area contributed by atoms with Crippen molar-refractivity contribution < 1.29 is 23.2 Å². The number of imide groups is 1. The van der Waals surface area contributed by atoms with Gasteiger partial charge < -0.3 is 10.2 Å². The van der Waals surface area contributed by atoms with E-state index in [-0.39, 0.29) is 30.9 Å². The van der Waals surface area contributed by atoms with Crippen LogP contribution < -0.4 is 10.6 Å². The van der Waals surface area contributed by atoms with Crippen LogP contribution in [0, 0.1) is 0 Å². The molecule has 2 aliphatic rings. The molecule has 122 valence electrons. The van der Waals surface area contributed by atoms with E-state index in [0.29, 0.717) is 6.54 Å². The van der Waals surface area contributed by atoms with Crippen LogP contribution in [0.15, 0.2) is 18.2 Å². The highest BCUT2D eigenvalue weighted by Crippen LogP contribution is 2.28. The molecule has 4 amide bonds. The van der Waals surface area contributed by atoms with Crippen molar-refractivity contribution in [2.24, 2.45) is 0 Å². The van der Waals surface area contributed by atoms with E-state index in [1.807, 2.05) is 0 Å². The van der Waals surface area contributed by atoms with Gasteiger partial charge in [-0.25, -0.2) is 13.6 Å². The first-order valence-corrected chi connectivity index (χ1v) is 7.23. The molecular formula is C15H15F2N3O3. The Kier molecular flexibility index (Phi) is 3.97. The number of hydrogen-bond donors (Lipinski definition) is 2. The van der Waals surface area contributed by atoms with Crippen molar-refractivity contribution >= 4 is 17.8 Å². The summed E-state index contributed by atoms with van der Waals surface area (Å²) in [5.74, 6) is -0.608. The summed E-state index contributed by atoms with van der Waals surface area (Å²) in [6.45, 7) is 0.666. The number of fused-ring (bicyclic) bond motifs is 1. The SMILES string of the molecule is O=C1NC(=O)C(CCC(=O)N2Cc3ccc(C(F)F)cc3C2)N1. The second-order valence-corrected chi connectivity index (χ2v) is 5.63. The monoisotopic (exact) mass is 323 g/mol. The zero-order valence-electron chi connectivity index (χ0n) is 12.1. The standard InChI is InChI=1S/C15H15F2N3O3/c16-13(17)8-1-2-9-6-20(7-10(9)5-8)12(21)4-3-11-14(22)19-15(23)18-11/h1-2,5,11,13H,3-4,6-7H2,(H2,18,19,22,23). The molecule has 0 spiro atoms. The lowest BCUT2D eigenvalue weighted by Crippen LogP contribution is -2.32. The van der Waals surface area contributed by atoms with Gasteiger partial charge in [0, 0.05) is 25.1 Å². The Bertz CT molecular complexity index is 678. The van der Waals surface area contributed by atoms with Gasteiger partial charge in [-0.3, -0.25) is 14.9 Å². The van der Waals surface area contributed by atoms with Gasteiger partial charge in [-0.15, -0.1) is 0 Å². The third-order valence-corrected chi connectivity index (χ3v) is 4.06. The summed E-state index contributed by atoms with van der Waals surface area (Å²) in [5, 5.41) is 4.54. The number of halogens is 2. The molecule has 2 heterocycles. The molecule has 6 nitrogen and oxygen atoms in total. The Morgan fingerprint density at radius 2 is 2.00 bits per heavy atom. The number of rotatable bonds is 4. The van der Waals surface area contributed by atoms with Crippen molar-refractivity contribution in [3.63, 3.8) is 0 Å². The Labute approximate surface area is 130 Å². The normalized spacial score (nSPS) is 19.8. The number of hydrogen-bond acceptors (Lipinski definition) is 3. The van der Waals surface area contributed by atoms with E-state index in [1.54, 1.807) is 11.0 Å². The van der Waals surface area contributed by atoms with Gasteiger partial charge in [-0.1, -0.05) is 12.1 Å². The minimum atomic E-state index is -2.53. The van der Waals surface area contributed by atoms with Gasteiger partial charge in [0.2, 0.25) is 5.91 Å². The number of alkyl halides is 2. The first-order valence-electron chi connectivity index (χ1n) is 7.23. The van der Waals surface area contributed by atoms with Crippen molar-refractivity contribution in [2.45, 2.75) is 38.4 Å². The number of benzene rings is 1. The zero-order chi connectivity index (χ0) is 16.6. The molecule has 0 saturated carbocycles. The number of urea groups is 1. The van der Waals surface area contributed by atoms with Crippen molar-refractivity contribution in [3.05, 3.63) is 34.9 Å². The topological polar surface area (TPSA) is 78.5 Å². The molecule has 8 heteroatoms. The molecule has 1 saturated heterocycles. The molecule has 0 aromatic heterocycles. The summed E-state index contributed by atoms with van der Waals surface area (Å²) in [7, 11) is 0. The maximum Gasteiger partial charge on any atom is 0.322 e. The lowest BCUT2D eigenvalue weighted by atomic mass is 10.1. The first-order chi connectivity index (χ1) is 10.9. The zero-order valence-corrected chi connectivity index (χ0v) is 12.1. The van der Waals surface area contributed by atoms with Crippen LogP contribution in [-0.4, -0.2) is 28.8 Å². The van der Waals surface area contributed by atoms with E-state index >= 15 is 0 Å². The van der Waals surface area contributed by atoms with Gasteiger partial charge in [0.25, 0.3) is 12.3 Å². The lowest BCUT2D eigenvalue weighted by Gasteiger charge is -2.16. The van der Waals surface area contributed by atoms with Gasteiger partial charge in [0.15, 0.2) is 0 Å². The van der Waals surface area contributed by atoms with Crippen molar-refractivity contribution in [1.29, 1.82) is 0 Å². The number of amides is 4. The van der Waals surface area contributed by atoms with Gasteiger partial charge >= 0.3 is 6.03 Å². The molecule has 2 N–H and O–H groups in total. The third-order valence-electron chi connectivity index (χ3n) is 4.06. The molecule has 0 aliphatic carbocycles. The molecular weight excluding hydrogens is 308 g/mol. The van der Waals surface area contributed by atoms with Crippen LogP contribution in [0.5, 0.6) is 0 Å². The molecule has 2 aliphatic heterocycles. The molecule has 23 heavy (non-hydrogen) atoms. The summed E-state index contributed by atoms with van der Waals surface area (Å²) in [6.07, 6.45) is -2.21. The molecule has 1 aromatic rings. The van der Waals surface area contributed by atoms with Crippen LogP contribution in [0.3, 0.4) is 0 Å². The molecule has 0 radical (unpaired) electrons. The average Bonchev–Trinajstić information content (AvgIpc) is 3.06. The van der Waals surface area contributed by atoms with Crippen molar-refractivity contribution in [3.8, 4) is 0 Å². The molecule has 1 fully saturated rings. The minimum Gasteiger partial charge on any atom is -0.334 e. The Balaban J connectivity index is 1.57. The summed E-state index contributed by atoms with van der Waals surface area (Å²) in [6, 6.07) is 3.17. The summed E-state index contributed by atoms with van der Waals surface area (Å²) < 4.78 is 25.4. The van der Waals surface area contributed by atoms with E-state index in [2.05, 4.69) is 10.6 Å². The summed E-state index contributed by atoms with van der Waals surface area (Å²) >= 11 is 0. The van der Waals surface area contributed by atoms with Crippen LogP contribution in [0.1, 0.15) is 36.0 Å². The highest BCUT2D eigenvalue weighted by Gasteiger charge is 2.31. The summed E-state index contributed by atoms with van der Waals surface area (Å²) in [4.78, 5) is 36.2. The lowest BCUT2D eigenvalue weighted by molar-refractivity contribution is -0.132. The van der Waals surface area contributed by atoms with E-state index < -0.39 is 24.4 Å². The Morgan fingerprint density at radius 1 is 1.26 bits per heavy atom. The minimum absolute atomic E-state index is 0.0524. The van der Waals surface area contributed by atoms with E-state index in [0.717, 1.165) is 11.1 Å². The van der Waals surface area contributed by atoms with Crippen LogP contribution >= 0.6 is 0 Å². The predicted octanol–water partition coefficient (Wildman–Crippen LogP) is 1.45. The smallest absolute Gasteiger partial charge is 0.322 e. The van der Waals surface area contributed by atoms with Gasteiger partial charge in [0.1, 0.15) is 6.04 Å². The predicted molar refractivity (Wildman–Crippen MR) is 75.3 cm³/mol. The van der Waals surface area contributed by atoms with Crippen LogP contribution in [-0.2, 0) is 22.7 Å². The molecule has 1 aromatic carbocycles. The van der Waals surface area contributed by atoms with Crippen molar-refractivity contribution in [2.75, 3.05) is 0 Å². The second-order valence-electron chi connectivity index (χ2n) is 5.63. The molecule has 0 bridgehead atoms. The van der Waals surface area contributed by atoms with E-state index in [9.17, 15) is 23.2 Å². The highest BCUT2D eigenvalue weighted by atomic mass is 19.3. The number of nitrogens with zero attached hydrogens (tertiary/aromatic N) is 1. The fraction of sp³-hybridized carbons (Fsp3) is 0.400. The quantitative estimate of drug-likeness (QED) is 0.823.